The lowest BCUT2D eigenvalue weighted by Crippen LogP contribution is -2.34. The fourth-order valence-corrected chi connectivity index (χ4v) is 3.09. The fourth-order valence-electron chi connectivity index (χ4n) is 2.27. The molecule has 6 heteroatoms. The van der Waals surface area contributed by atoms with Crippen LogP contribution >= 0.6 is 11.8 Å². The summed E-state index contributed by atoms with van der Waals surface area (Å²) in [5.74, 6) is 1.63. The molecule has 26 heavy (non-hydrogen) atoms. The van der Waals surface area contributed by atoms with E-state index in [4.69, 9.17) is 0 Å². The molecule has 5 nitrogen and oxygen atoms in total. The van der Waals surface area contributed by atoms with Crippen LogP contribution in [0.4, 0.5) is 10.5 Å². The first-order valence-corrected chi connectivity index (χ1v) is 9.77. The molecule has 3 amide bonds. The van der Waals surface area contributed by atoms with E-state index in [2.05, 4.69) is 28.1 Å². The molecule has 0 aliphatic carbocycles. The number of thioether (sulfide) groups is 1. The third-order valence-corrected chi connectivity index (χ3v) is 4.48. The van der Waals surface area contributed by atoms with Crippen molar-refractivity contribution in [2.75, 3.05) is 17.6 Å². The maximum atomic E-state index is 12.2. The third-order valence-electron chi connectivity index (χ3n) is 3.45. The molecule has 2 rings (SSSR count). The van der Waals surface area contributed by atoms with Gasteiger partial charge in [0.2, 0.25) is 0 Å². The summed E-state index contributed by atoms with van der Waals surface area (Å²) < 4.78 is 0. The average molecular weight is 372 g/mol. The molecule has 2 aromatic carbocycles. The van der Waals surface area contributed by atoms with Gasteiger partial charge in [0.05, 0.1) is 0 Å². The molecule has 0 spiro atoms. The predicted octanol–water partition coefficient (Wildman–Crippen LogP) is 3.88. The Labute approximate surface area is 159 Å². The predicted molar refractivity (Wildman–Crippen MR) is 109 cm³/mol. The molecule has 2 aromatic rings. The van der Waals surface area contributed by atoms with Gasteiger partial charge in [0.1, 0.15) is 0 Å². The van der Waals surface area contributed by atoms with Crippen LogP contribution in [0.15, 0.2) is 54.6 Å². The number of carbonyl (C=O) groups excluding carboxylic acids is 2. The molecule has 0 saturated carbocycles. The standard InChI is InChI=1S/C20H25N3O2S/c1-15(2)22-20(25)23-18-10-6-9-17(13-18)19(24)21-11-12-26-14-16-7-4-3-5-8-16/h3-10,13,15H,11-12,14H2,1-2H3,(H,21,24)(H2,22,23,25). The van der Waals surface area contributed by atoms with Crippen LogP contribution in [0.3, 0.4) is 0 Å². The summed E-state index contributed by atoms with van der Waals surface area (Å²) in [4.78, 5) is 24.0. The van der Waals surface area contributed by atoms with Gasteiger partial charge in [-0.25, -0.2) is 4.79 Å². The van der Waals surface area contributed by atoms with E-state index in [9.17, 15) is 9.59 Å². The van der Waals surface area contributed by atoms with Crippen LogP contribution in [-0.4, -0.2) is 30.3 Å². The van der Waals surface area contributed by atoms with Crippen LogP contribution < -0.4 is 16.0 Å². The summed E-state index contributed by atoms with van der Waals surface area (Å²) in [6.07, 6.45) is 0. The summed E-state index contributed by atoms with van der Waals surface area (Å²) >= 11 is 1.78. The van der Waals surface area contributed by atoms with Crippen molar-refractivity contribution in [3.8, 4) is 0 Å². The summed E-state index contributed by atoms with van der Waals surface area (Å²) in [6, 6.07) is 16.9. The molecule has 0 saturated heterocycles. The topological polar surface area (TPSA) is 70.2 Å². The zero-order valence-electron chi connectivity index (χ0n) is 15.1. The van der Waals surface area contributed by atoms with Crippen molar-refractivity contribution in [3.05, 3.63) is 65.7 Å². The second-order valence-corrected chi connectivity index (χ2v) is 7.23. The van der Waals surface area contributed by atoms with Crippen molar-refractivity contribution in [2.45, 2.75) is 25.6 Å². The lowest BCUT2D eigenvalue weighted by atomic mass is 10.2. The highest BCUT2D eigenvalue weighted by Crippen LogP contribution is 2.12. The van der Waals surface area contributed by atoms with Crippen LogP contribution in [-0.2, 0) is 5.75 Å². The Kier molecular flexibility index (Phi) is 8.02. The number of rotatable bonds is 8. The highest BCUT2D eigenvalue weighted by atomic mass is 32.2. The molecule has 0 heterocycles. The Morgan fingerprint density at radius 1 is 1.04 bits per heavy atom. The van der Waals surface area contributed by atoms with Gasteiger partial charge in [-0.15, -0.1) is 0 Å². The van der Waals surface area contributed by atoms with E-state index in [0.717, 1.165) is 11.5 Å². The van der Waals surface area contributed by atoms with Gasteiger partial charge in [0.15, 0.2) is 0 Å². The van der Waals surface area contributed by atoms with E-state index < -0.39 is 0 Å². The summed E-state index contributed by atoms with van der Waals surface area (Å²) in [7, 11) is 0. The first kappa shape index (κ1) is 19.8. The van der Waals surface area contributed by atoms with E-state index >= 15 is 0 Å². The maximum absolute atomic E-state index is 12.2. The van der Waals surface area contributed by atoms with Crippen molar-refractivity contribution < 1.29 is 9.59 Å². The quantitative estimate of drug-likeness (QED) is 0.617. The zero-order valence-corrected chi connectivity index (χ0v) is 15.9. The zero-order chi connectivity index (χ0) is 18.8. The van der Waals surface area contributed by atoms with Gasteiger partial charge in [-0.1, -0.05) is 36.4 Å². The van der Waals surface area contributed by atoms with Crippen LogP contribution in [0.1, 0.15) is 29.8 Å². The molecule has 0 aliphatic rings. The number of carbonyl (C=O) groups is 2. The van der Waals surface area contributed by atoms with Crippen molar-refractivity contribution in [3.63, 3.8) is 0 Å². The summed E-state index contributed by atoms with van der Waals surface area (Å²) in [5.41, 5.74) is 2.40. The van der Waals surface area contributed by atoms with Gasteiger partial charge >= 0.3 is 6.03 Å². The number of anilines is 1. The van der Waals surface area contributed by atoms with Gasteiger partial charge in [-0.3, -0.25) is 4.79 Å². The number of nitrogens with one attached hydrogen (secondary N) is 3. The van der Waals surface area contributed by atoms with Crippen LogP contribution in [0.25, 0.3) is 0 Å². The van der Waals surface area contributed by atoms with E-state index in [1.807, 2.05) is 32.0 Å². The van der Waals surface area contributed by atoms with Gasteiger partial charge in [-0.05, 0) is 37.6 Å². The Morgan fingerprint density at radius 3 is 2.54 bits per heavy atom. The molecule has 138 valence electrons. The van der Waals surface area contributed by atoms with E-state index in [1.54, 1.807) is 36.0 Å². The number of hydrogen-bond donors (Lipinski definition) is 3. The molecule has 0 aromatic heterocycles. The monoisotopic (exact) mass is 371 g/mol. The lowest BCUT2D eigenvalue weighted by molar-refractivity contribution is 0.0956. The molecule has 3 N–H and O–H groups in total. The molecule has 0 atom stereocenters. The van der Waals surface area contributed by atoms with Crippen molar-refractivity contribution >= 4 is 29.4 Å². The number of amides is 3. The van der Waals surface area contributed by atoms with Gasteiger partial charge < -0.3 is 16.0 Å². The SMILES string of the molecule is CC(C)NC(=O)Nc1cccc(C(=O)NCCSCc2ccccc2)c1. The van der Waals surface area contributed by atoms with Crippen LogP contribution in [0.5, 0.6) is 0 Å². The van der Waals surface area contributed by atoms with Gasteiger partial charge in [-0.2, -0.15) is 11.8 Å². The van der Waals surface area contributed by atoms with Crippen molar-refractivity contribution in [1.82, 2.24) is 10.6 Å². The van der Waals surface area contributed by atoms with Crippen molar-refractivity contribution in [1.29, 1.82) is 0 Å². The van der Waals surface area contributed by atoms with Crippen molar-refractivity contribution in [2.24, 2.45) is 0 Å². The van der Waals surface area contributed by atoms with Gasteiger partial charge in [0.25, 0.3) is 5.91 Å². The molecule has 0 fully saturated rings. The molecule has 0 unspecified atom stereocenters. The largest absolute Gasteiger partial charge is 0.351 e. The smallest absolute Gasteiger partial charge is 0.319 e. The first-order chi connectivity index (χ1) is 12.5. The molecule has 0 bridgehead atoms. The highest BCUT2D eigenvalue weighted by molar-refractivity contribution is 7.98. The van der Waals surface area contributed by atoms with Crippen LogP contribution in [0.2, 0.25) is 0 Å². The summed E-state index contributed by atoms with van der Waals surface area (Å²) in [5, 5.41) is 8.39. The Morgan fingerprint density at radius 2 is 1.81 bits per heavy atom. The Balaban J connectivity index is 1.74. The third kappa shape index (κ3) is 7.19. The lowest BCUT2D eigenvalue weighted by Gasteiger charge is -2.11. The number of urea groups is 1. The van der Waals surface area contributed by atoms with E-state index in [1.165, 1.54) is 5.56 Å². The normalized spacial score (nSPS) is 10.4. The minimum atomic E-state index is -0.283. The number of hydrogen-bond acceptors (Lipinski definition) is 3. The molecular formula is C20H25N3O2S. The number of benzene rings is 2. The second kappa shape index (κ2) is 10.5. The molecule has 0 radical (unpaired) electrons. The fraction of sp³-hybridized carbons (Fsp3) is 0.300. The second-order valence-electron chi connectivity index (χ2n) is 6.13. The van der Waals surface area contributed by atoms with E-state index in [-0.39, 0.29) is 18.0 Å². The van der Waals surface area contributed by atoms with Gasteiger partial charge in [0, 0.05) is 35.3 Å². The Hall–Kier alpha value is -2.47. The minimum absolute atomic E-state index is 0.0508. The average Bonchev–Trinajstić information content (AvgIpc) is 2.61. The summed E-state index contributed by atoms with van der Waals surface area (Å²) in [6.45, 7) is 4.38. The highest BCUT2D eigenvalue weighted by Gasteiger charge is 2.08. The van der Waals surface area contributed by atoms with E-state index in [0.29, 0.717) is 17.8 Å². The Bertz CT molecular complexity index is 720. The minimum Gasteiger partial charge on any atom is -0.351 e. The molecular weight excluding hydrogens is 346 g/mol. The first-order valence-electron chi connectivity index (χ1n) is 8.62. The maximum Gasteiger partial charge on any atom is 0.319 e. The molecule has 0 aliphatic heterocycles. The van der Waals surface area contributed by atoms with Crippen LogP contribution in [0, 0.1) is 0 Å².